The van der Waals surface area contributed by atoms with E-state index in [0.717, 1.165) is 6.42 Å². The van der Waals surface area contributed by atoms with E-state index in [4.69, 9.17) is 10.00 Å². The molecule has 5 heteroatoms. The first kappa shape index (κ1) is 15.8. The third kappa shape index (κ3) is 2.30. The molecule has 2 fully saturated rings. The summed E-state index contributed by atoms with van der Waals surface area (Å²) in [5.74, 6) is 0.606. The topological polar surface area (TPSA) is 70.4 Å². The molecule has 2 aliphatic carbocycles. The zero-order valence-corrected chi connectivity index (χ0v) is 14.4. The number of allylic oxidation sites excluding steroid dienone is 2. The van der Waals surface area contributed by atoms with Crippen molar-refractivity contribution in [2.45, 2.75) is 6.42 Å². The van der Waals surface area contributed by atoms with Crippen LogP contribution in [0.2, 0.25) is 0 Å². The van der Waals surface area contributed by atoms with E-state index >= 15 is 0 Å². The number of para-hydroxylation sites is 2. The van der Waals surface area contributed by atoms with E-state index in [-0.39, 0.29) is 35.5 Å². The predicted molar refractivity (Wildman–Crippen MR) is 97.9 cm³/mol. The first-order chi connectivity index (χ1) is 13.2. The Bertz CT molecular complexity index is 989. The number of anilines is 1. The number of nitrogens with zero attached hydrogens (tertiary/aromatic N) is 2. The lowest BCUT2D eigenvalue weighted by atomic mass is 9.85. The molecule has 2 aromatic rings. The summed E-state index contributed by atoms with van der Waals surface area (Å²) in [4.78, 5) is 27.4. The summed E-state index contributed by atoms with van der Waals surface area (Å²) in [5.41, 5.74) is 1.02. The quantitative estimate of drug-likeness (QED) is 0.622. The zero-order chi connectivity index (χ0) is 18.5. The number of fused-ring (bicyclic) bond motifs is 5. The molecule has 5 rings (SSSR count). The summed E-state index contributed by atoms with van der Waals surface area (Å²) >= 11 is 0. The molecule has 0 aromatic heterocycles. The van der Waals surface area contributed by atoms with Crippen LogP contribution in [0.25, 0.3) is 0 Å². The summed E-state index contributed by atoms with van der Waals surface area (Å²) in [6.45, 7) is 0. The maximum atomic E-state index is 13.1. The number of imide groups is 1. The zero-order valence-electron chi connectivity index (χ0n) is 14.4. The molecular weight excluding hydrogens is 340 g/mol. The molecule has 1 heterocycles. The lowest BCUT2D eigenvalue weighted by Gasteiger charge is -2.20. The molecule has 0 unspecified atom stereocenters. The van der Waals surface area contributed by atoms with Gasteiger partial charge in [-0.25, -0.2) is 4.90 Å². The monoisotopic (exact) mass is 356 g/mol. The van der Waals surface area contributed by atoms with Gasteiger partial charge in [-0.05, 0) is 54.7 Å². The average Bonchev–Trinajstić information content (AvgIpc) is 3.37. The second-order valence-corrected chi connectivity index (χ2v) is 7.22. The highest BCUT2D eigenvalue weighted by Gasteiger charge is 2.59. The molecule has 1 saturated carbocycles. The fraction of sp³-hybridized carbons (Fsp3) is 0.227. The number of ether oxygens (including phenoxy) is 1. The van der Waals surface area contributed by atoms with Gasteiger partial charge in [0.25, 0.3) is 0 Å². The van der Waals surface area contributed by atoms with E-state index in [1.165, 1.54) is 4.90 Å². The summed E-state index contributed by atoms with van der Waals surface area (Å²) in [6, 6.07) is 15.9. The number of nitriles is 1. The van der Waals surface area contributed by atoms with Gasteiger partial charge in [-0.15, -0.1) is 0 Å². The molecule has 2 amide bonds. The van der Waals surface area contributed by atoms with Crippen molar-refractivity contribution in [3.63, 3.8) is 0 Å². The summed E-state index contributed by atoms with van der Waals surface area (Å²) in [7, 11) is 0. The van der Waals surface area contributed by atoms with Crippen molar-refractivity contribution in [2.24, 2.45) is 23.7 Å². The lowest BCUT2D eigenvalue weighted by molar-refractivity contribution is -0.123. The Balaban J connectivity index is 1.49. The van der Waals surface area contributed by atoms with Gasteiger partial charge < -0.3 is 4.74 Å². The second kappa shape index (κ2) is 5.82. The van der Waals surface area contributed by atoms with Gasteiger partial charge in [-0.3, -0.25) is 9.59 Å². The van der Waals surface area contributed by atoms with Gasteiger partial charge in [0.05, 0.1) is 29.2 Å². The molecule has 4 atom stereocenters. The van der Waals surface area contributed by atoms with E-state index in [1.807, 2.05) is 0 Å². The number of amides is 2. The second-order valence-electron chi connectivity index (χ2n) is 7.22. The van der Waals surface area contributed by atoms with E-state index in [1.54, 1.807) is 48.5 Å². The maximum absolute atomic E-state index is 13.1. The van der Waals surface area contributed by atoms with Crippen LogP contribution in [-0.4, -0.2) is 11.8 Å². The molecule has 0 radical (unpaired) electrons. The third-order valence-corrected chi connectivity index (χ3v) is 5.79. The Morgan fingerprint density at radius 2 is 1.56 bits per heavy atom. The highest BCUT2D eigenvalue weighted by Crippen LogP contribution is 2.54. The minimum atomic E-state index is -0.240. The Kier molecular flexibility index (Phi) is 3.41. The fourth-order valence-electron chi connectivity index (χ4n) is 4.59. The molecule has 3 aliphatic rings. The Morgan fingerprint density at radius 1 is 0.926 bits per heavy atom. The van der Waals surface area contributed by atoms with Crippen molar-refractivity contribution < 1.29 is 14.3 Å². The van der Waals surface area contributed by atoms with Crippen LogP contribution in [0.4, 0.5) is 5.69 Å². The third-order valence-electron chi connectivity index (χ3n) is 5.79. The van der Waals surface area contributed by atoms with Gasteiger partial charge in [0.15, 0.2) is 5.75 Å². The molecule has 0 N–H and O–H groups in total. The highest BCUT2D eigenvalue weighted by molar-refractivity contribution is 6.23. The Morgan fingerprint density at radius 3 is 2.19 bits per heavy atom. The lowest BCUT2D eigenvalue weighted by Crippen LogP contribution is -2.33. The van der Waals surface area contributed by atoms with Gasteiger partial charge in [-0.1, -0.05) is 24.3 Å². The minimum absolute atomic E-state index is 0.127. The van der Waals surface area contributed by atoms with Crippen LogP contribution in [0.3, 0.4) is 0 Å². The molecule has 5 nitrogen and oxygen atoms in total. The Labute approximate surface area is 156 Å². The summed E-state index contributed by atoms with van der Waals surface area (Å²) in [5, 5.41) is 8.91. The van der Waals surface area contributed by atoms with Crippen LogP contribution in [0.15, 0.2) is 60.7 Å². The smallest absolute Gasteiger partial charge is 0.238 e. The number of rotatable bonds is 3. The Hall–Kier alpha value is -3.39. The number of carbonyl (C=O) groups is 2. The van der Waals surface area contributed by atoms with Crippen molar-refractivity contribution >= 4 is 17.5 Å². The van der Waals surface area contributed by atoms with Crippen molar-refractivity contribution in [3.8, 4) is 17.6 Å². The van der Waals surface area contributed by atoms with Crippen LogP contribution in [-0.2, 0) is 9.59 Å². The largest absolute Gasteiger partial charge is 0.455 e. The first-order valence-corrected chi connectivity index (χ1v) is 9.00. The number of hydrogen-bond donors (Lipinski definition) is 0. The van der Waals surface area contributed by atoms with Crippen molar-refractivity contribution in [1.29, 1.82) is 5.26 Å². The van der Waals surface area contributed by atoms with E-state index in [9.17, 15) is 9.59 Å². The fourth-order valence-corrected chi connectivity index (χ4v) is 4.59. The normalized spacial score (nSPS) is 27.7. The maximum Gasteiger partial charge on any atom is 0.238 e. The molecule has 1 saturated heterocycles. The number of carbonyl (C=O) groups excluding carboxylic acids is 2. The van der Waals surface area contributed by atoms with Crippen LogP contribution >= 0.6 is 0 Å². The molecule has 132 valence electrons. The SMILES string of the molecule is N#Cc1ccc(Oc2ccccc2N2C(=O)[C@@H]3[C@H](C2=O)[C@H]2C=C[C@@H]3C2)cc1. The molecular formula is C22H16N2O3. The van der Waals surface area contributed by atoms with Gasteiger partial charge in [0, 0.05) is 0 Å². The highest BCUT2D eigenvalue weighted by atomic mass is 16.5. The van der Waals surface area contributed by atoms with Gasteiger partial charge in [0.1, 0.15) is 5.75 Å². The summed E-state index contributed by atoms with van der Waals surface area (Å²) in [6.07, 6.45) is 5.07. The van der Waals surface area contributed by atoms with E-state index < -0.39 is 0 Å². The molecule has 2 aromatic carbocycles. The molecule has 27 heavy (non-hydrogen) atoms. The first-order valence-electron chi connectivity index (χ1n) is 9.00. The van der Waals surface area contributed by atoms with Crippen LogP contribution in [0.1, 0.15) is 12.0 Å². The number of hydrogen-bond acceptors (Lipinski definition) is 4. The van der Waals surface area contributed by atoms with Crippen molar-refractivity contribution in [3.05, 3.63) is 66.2 Å². The average molecular weight is 356 g/mol. The molecule has 2 bridgehead atoms. The molecule has 1 aliphatic heterocycles. The van der Waals surface area contributed by atoms with Gasteiger partial charge in [0.2, 0.25) is 11.8 Å². The van der Waals surface area contributed by atoms with Crippen LogP contribution in [0, 0.1) is 35.0 Å². The minimum Gasteiger partial charge on any atom is -0.455 e. The van der Waals surface area contributed by atoms with E-state index in [2.05, 4.69) is 18.2 Å². The molecule has 0 spiro atoms. The van der Waals surface area contributed by atoms with E-state index in [0.29, 0.717) is 22.7 Å². The number of benzene rings is 2. The standard InChI is InChI=1S/C22H16N2O3/c23-12-13-5-9-16(10-6-13)27-18-4-2-1-3-17(18)24-21(25)19-14-7-8-15(11-14)20(19)22(24)26/h1-10,14-15,19-20H,11H2/t14-,15+,19+,20-. The van der Waals surface area contributed by atoms with Crippen molar-refractivity contribution in [1.82, 2.24) is 0 Å². The van der Waals surface area contributed by atoms with Gasteiger partial charge in [-0.2, -0.15) is 5.26 Å². The van der Waals surface area contributed by atoms with Crippen LogP contribution in [0.5, 0.6) is 11.5 Å². The predicted octanol–water partition coefficient (Wildman–Crippen LogP) is 3.66. The van der Waals surface area contributed by atoms with Gasteiger partial charge >= 0.3 is 0 Å². The van der Waals surface area contributed by atoms with Crippen LogP contribution < -0.4 is 9.64 Å². The summed E-state index contributed by atoms with van der Waals surface area (Å²) < 4.78 is 5.94. The van der Waals surface area contributed by atoms with Crippen molar-refractivity contribution in [2.75, 3.05) is 4.90 Å².